The highest BCUT2D eigenvalue weighted by Gasteiger charge is 2.35. The molecule has 0 saturated carbocycles. The fraction of sp³-hybridized carbons (Fsp3) is 0.330. The Morgan fingerprint density at radius 3 is 1.03 bits per heavy atom. The van der Waals surface area contributed by atoms with E-state index < -0.39 is 69.4 Å². The number of benzene rings is 1. The summed E-state index contributed by atoms with van der Waals surface area (Å²) in [7, 11) is 1.81. The molecule has 0 spiro atoms. The third-order valence-corrected chi connectivity index (χ3v) is 25.7. The number of nitrogens with one attached hydrogen (secondary N) is 5. The molecular formula is C91H89N25O16S. The molecule has 4 saturated heterocycles. The molecule has 680 valence electrons. The zero-order valence-corrected chi connectivity index (χ0v) is 73.3. The number of carbonyl (C=O) groups is 4. The van der Waals surface area contributed by atoms with E-state index in [0.717, 1.165) is 39.1 Å². The van der Waals surface area contributed by atoms with Crippen LogP contribution in [-0.2, 0) is 32.8 Å². The normalized spacial score (nSPS) is 16.1. The van der Waals surface area contributed by atoms with Gasteiger partial charge in [0.1, 0.15) is 46.5 Å². The van der Waals surface area contributed by atoms with Crippen molar-refractivity contribution < 1.29 is 39.6 Å². The lowest BCUT2D eigenvalue weighted by Gasteiger charge is -2.34. The molecule has 0 radical (unpaired) electrons. The number of thiophene rings is 1. The minimum atomic E-state index is -1.07. The predicted molar refractivity (Wildman–Crippen MR) is 494 cm³/mol. The number of fused-ring (bicyclic) bond motifs is 13. The number of aryl methyl sites for hydroxylation is 1. The van der Waals surface area contributed by atoms with Crippen molar-refractivity contribution in [2.75, 3.05) is 52.4 Å². The maximum absolute atomic E-state index is 13.1. The van der Waals surface area contributed by atoms with Crippen LogP contribution in [0.1, 0.15) is 114 Å². The van der Waals surface area contributed by atoms with E-state index in [-0.39, 0.29) is 64.0 Å². The van der Waals surface area contributed by atoms with Crippen LogP contribution in [0.4, 0.5) is 0 Å². The molecule has 5 aliphatic heterocycles. The van der Waals surface area contributed by atoms with Crippen molar-refractivity contribution in [3.63, 3.8) is 0 Å². The molecule has 0 unspecified atom stereocenters. The maximum atomic E-state index is 13.1. The largest absolute Gasteiger partial charge is 0.384 e. The molecule has 4 atom stereocenters. The summed E-state index contributed by atoms with van der Waals surface area (Å²) in [4.78, 5) is 208. The number of carbonyl (C=O) groups excluding carboxylic acids is 4. The smallest absolute Gasteiger partial charge is 0.329 e. The Morgan fingerprint density at radius 1 is 0.398 bits per heavy atom. The second kappa shape index (κ2) is 36.6. The number of rotatable bonds is 12. The standard InChI is InChI=1S/C26H24N6O4.C22H23N7O4.C22H21N5O4S.C21H21N7O4/c1-14(33)25(35)31-8-6-18(7-9-31)32-23-19(24(34)30-26(32)36)13-28-21-5-4-20(29-22(21)23)15-2-3-16-11-27-12-17(16)10-15;1-12(30)21(32)28-7-5-14(6-8-28)29-19-15(20(31)26-22(29)33)10-23-17-4-3-16(25-18(17)19)13-9-24-27(2)11-13;1-12(28)21(30)26-7-4-14(5-8-26)27-19-15(20(29)25-22(27)31)10-23-17-3-2-16(24-18(17)19)13-6-9-32-11-13;1-11(29)20(31)27-6-4-13(5-7-27)28-18-14(19(30)26-21(28)32)10-22-16-3-2-15(25-17(16)18)12-8-23-24-9-12/h2-5,10,12-14,18,33H,6-9,11H2,1H3,(H,30,34,36);3-4,9-12,14,30H,5-8H2,1-2H3,(H,26,31,33);2-3,6,9-12,14,28H,4-5,7-8H2,1H3,(H,25,29,31);2-3,8-11,13,29H,4-7H2,1H3,(H,23,24)(H,26,30,32)/t14-;2*12-;11-/m1111/s1. The molecule has 21 rings (SSSR count). The summed E-state index contributed by atoms with van der Waals surface area (Å²) in [5.74, 6) is -1.31. The van der Waals surface area contributed by atoms with Crippen molar-refractivity contribution in [2.24, 2.45) is 12.0 Å². The van der Waals surface area contributed by atoms with Gasteiger partial charge in [-0.05, 0) is 156 Å². The van der Waals surface area contributed by atoms with Crippen LogP contribution in [0.15, 0.2) is 176 Å². The van der Waals surface area contributed by atoms with E-state index in [1.165, 1.54) is 52.5 Å². The third-order valence-electron chi connectivity index (χ3n) is 25.0. The Labute approximate surface area is 753 Å². The van der Waals surface area contributed by atoms with Gasteiger partial charge in [-0.2, -0.15) is 21.5 Å². The van der Waals surface area contributed by atoms with Crippen LogP contribution in [0.25, 0.3) is 133 Å². The van der Waals surface area contributed by atoms with Crippen molar-refractivity contribution in [3.05, 3.63) is 228 Å². The quantitative estimate of drug-likeness (QED) is 0.0740. The van der Waals surface area contributed by atoms with E-state index in [1.54, 1.807) is 78.5 Å². The van der Waals surface area contributed by atoms with E-state index >= 15 is 0 Å². The number of nitrogens with zero attached hydrogens (tertiary/aromatic N) is 20. The van der Waals surface area contributed by atoms with Gasteiger partial charge in [-0.1, -0.05) is 12.1 Å². The summed E-state index contributed by atoms with van der Waals surface area (Å²) >= 11 is 1.56. The van der Waals surface area contributed by atoms with Crippen LogP contribution >= 0.6 is 11.3 Å². The molecule has 9 N–H and O–H groups in total. The Morgan fingerprint density at radius 2 is 0.729 bits per heavy atom. The molecule has 1 aromatic carbocycles. The Balaban J connectivity index is 0.000000119. The maximum Gasteiger partial charge on any atom is 0.329 e. The highest BCUT2D eigenvalue weighted by atomic mass is 32.1. The van der Waals surface area contributed by atoms with Gasteiger partial charge in [-0.25, -0.2) is 39.1 Å². The van der Waals surface area contributed by atoms with Crippen molar-refractivity contribution in [1.82, 2.24) is 118 Å². The molecule has 4 fully saturated rings. The van der Waals surface area contributed by atoms with Gasteiger partial charge in [0.15, 0.2) is 0 Å². The number of amides is 4. The second-order valence-corrected chi connectivity index (χ2v) is 34.4. The number of hydrogen-bond acceptors (Lipinski definition) is 28. The fourth-order valence-electron chi connectivity index (χ4n) is 18.2. The Bertz CT molecular complexity index is 7650. The highest BCUT2D eigenvalue weighted by Crippen LogP contribution is 2.36. The van der Waals surface area contributed by atoms with Gasteiger partial charge in [0.2, 0.25) is 0 Å². The first kappa shape index (κ1) is 88.4. The number of aromatic amines is 5. The minimum absolute atomic E-state index is 0.225. The van der Waals surface area contributed by atoms with Crippen LogP contribution in [0.5, 0.6) is 0 Å². The predicted octanol–water partition coefficient (Wildman–Crippen LogP) is 4.83. The summed E-state index contributed by atoms with van der Waals surface area (Å²) < 4.78 is 8.00. The molecule has 4 amide bonds. The molecule has 20 heterocycles. The monoisotopic (exact) mass is 1820 g/mol. The van der Waals surface area contributed by atoms with Gasteiger partial charge in [0.25, 0.3) is 45.9 Å². The van der Waals surface area contributed by atoms with Crippen LogP contribution < -0.4 is 45.0 Å². The molecule has 41 nitrogen and oxygen atoms in total. The number of aromatic nitrogens is 20. The van der Waals surface area contributed by atoms with Crippen molar-refractivity contribution in [3.8, 4) is 45.0 Å². The summed E-state index contributed by atoms with van der Waals surface area (Å²) in [6.07, 6.45) is 14.4. The first-order chi connectivity index (χ1) is 64.1. The molecular weight excluding hydrogens is 1730 g/mol. The molecule has 16 aromatic rings. The Kier molecular flexibility index (Phi) is 24.3. The number of aliphatic hydroxyl groups excluding tert-OH is 4. The summed E-state index contributed by atoms with van der Waals surface area (Å²) in [5.41, 5.74) is 10.2. The van der Waals surface area contributed by atoms with Crippen LogP contribution in [0.3, 0.4) is 0 Å². The average Bonchev–Trinajstić information content (AvgIpc) is 1.75. The van der Waals surface area contributed by atoms with Gasteiger partial charge >= 0.3 is 22.8 Å². The first-order valence-electron chi connectivity index (χ1n) is 43.4. The molecule has 0 aliphatic carbocycles. The second-order valence-electron chi connectivity index (χ2n) is 33.6. The summed E-state index contributed by atoms with van der Waals surface area (Å²) in [6, 6.07) is 21.7. The highest BCUT2D eigenvalue weighted by molar-refractivity contribution is 7.08. The van der Waals surface area contributed by atoms with Gasteiger partial charge in [0, 0.05) is 155 Å². The molecule has 5 aliphatic rings. The van der Waals surface area contributed by atoms with Crippen molar-refractivity contribution >= 4 is 129 Å². The summed E-state index contributed by atoms with van der Waals surface area (Å²) in [5, 5.41) is 54.4. The van der Waals surface area contributed by atoms with Crippen molar-refractivity contribution in [1.29, 1.82) is 0 Å². The number of piperidine rings is 4. The lowest BCUT2D eigenvalue weighted by Crippen LogP contribution is -2.45. The molecule has 15 aromatic heterocycles. The van der Waals surface area contributed by atoms with Gasteiger partial charge in [-0.15, -0.1) is 0 Å². The van der Waals surface area contributed by atoms with E-state index in [0.29, 0.717) is 199 Å². The fourth-order valence-corrected chi connectivity index (χ4v) is 18.9. The van der Waals surface area contributed by atoms with Crippen LogP contribution in [-0.4, -0.2) is 245 Å². The number of likely N-dealkylation sites (tertiary alicyclic amines) is 4. The minimum Gasteiger partial charge on any atom is -0.384 e. The topological polar surface area (TPSA) is 544 Å². The van der Waals surface area contributed by atoms with Crippen LogP contribution in [0.2, 0.25) is 0 Å². The third kappa shape index (κ3) is 17.2. The SMILES string of the molecule is C[C@@H](O)C(=O)N1CCC(n2c(=O)[nH]c(=O)c3cnc4ccc(-c5ccc6c(c5)C=NC6)nc4c32)CC1.C[C@@H](O)C(=O)N1CCC(n2c(=O)[nH]c(=O)c3cnc4ccc(-c5ccsc5)nc4c32)CC1.C[C@@H](O)C(=O)N1CCC(n2c(=O)[nH]c(=O)c3cnc4ccc(-c5cn[nH]c5)nc4c32)CC1.C[C@@H](O)C(=O)N1CCC(n2c(=O)[nH]c(=O)c3cnc4ccc(-c5cnn(C)c5)nc4c32)CC1. The zero-order chi connectivity index (χ0) is 93.1. The van der Waals surface area contributed by atoms with E-state index in [1.807, 2.05) is 96.9 Å². The molecule has 42 heteroatoms. The average molecular weight is 1820 g/mol. The zero-order valence-electron chi connectivity index (χ0n) is 72.5. The number of hydrogen-bond donors (Lipinski definition) is 9. The van der Waals surface area contributed by atoms with Gasteiger partial charge in [-0.3, -0.25) is 111 Å². The lowest BCUT2D eigenvalue weighted by molar-refractivity contribution is -0.141. The number of aliphatic hydroxyl groups is 4. The summed E-state index contributed by atoms with van der Waals surface area (Å²) in [6.45, 7) is 9.69. The van der Waals surface area contributed by atoms with Crippen LogP contribution in [0, 0.1) is 0 Å². The van der Waals surface area contributed by atoms with Gasteiger partial charge < -0.3 is 40.0 Å². The van der Waals surface area contributed by atoms with E-state index in [4.69, 9.17) is 19.9 Å². The number of H-pyrrole nitrogens is 5. The lowest BCUT2D eigenvalue weighted by atomic mass is 10.0. The Hall–Kier alpha value is -15.3. The first-order valence-corrected chi connectivity index (χ1v) is 44.3. The number of aliphatic imine (C=N–C) groups is 1. The molecule has 0 bridgehead atoms. The molecule has 133 heavy (non-hydrogen) atoms. The van der Waals surface area contributed by atoms with Gasteiger partial charge in [0.05, 0.1) is 107 Å². The van der Waals surface area contributed by atoms with E-state index in [9.17, 15) is 78.0 Å². The van der Waals surface area contributed by atoms with Crippen molar-refractivity contribution in [2.45, 2.75) is 134 Å². The number of pyridine rings is 8. The van der Waals surface area contributed by atoms with E-state index in [2.05, 4.69) is 60.2 Å².